The van der Waals surface area contributed by atoms with E-state index in [9.17, 15) is 20.0 Å². The number of nitrogens with one attached hydrogen (secondary N) is 1. The van der Waals surface area contributed by atoms with Gasteiger partial charge in [-0.2, -0.15) is 10.2 Å². The van der Waals surface area contributed by atoms with Crippen molar-refractivity contribution in [3.8, 4) is 5.75 Å². The second-order valence-electron chi connectivity index (χ2n) is 5.98. The van der Waals surface area contributed by atoms with E-state index in [1.165, 1.54) is 23.0 Å². The van der Waals surface area contributed by atoms with Crippen LogP contribution < -0.4 is 5.43 Å². The fourth-order valence-electron chi connectivity index (χ4n) is 2.42. The van der Waals surface area contributed by atoms with E-state index in [0.717, 1.165) is 5.56 Å². The van der Waals surface area contributed by atoms with E-state index in [1.54, 1.807) is 30.5 Å². The summed E-state index contributed by atoms with van der Waals surface area (Å²) in [5.74, 6) is -0.448. The zero-order valence-corrected chi connectivity index (χ0v) is 19.7. The third kappa shape index (κ3) is 5.32. The van der Waals surface area contributed by atoms with E-state index in [2.05, 4.69) is 63.4 Å². The van der Waals surface area contributed by atoms with Gasteiger partial charge in [0.1, 0.15) is 5.75 Å². The molecule has 12 heteroatoms. The molecule has 2 aromatic carbocycles. The molecular weight excluding hydrogens is 590 g/mol. The van der Waals surface area contributed by atoms with Gasteiger partial charge in [0.05, 0.1) is 31.1 Å². The summed E-state index contributed by atoms with van der Waals surface area (Å²) < 4.78 is 2.99. The van der Waals surface area contributed by atoms with Gasteiger partial charge in [-0.1, -0.05) is 12.1 Å². The first-order valence-corrected chi connectivity index (χ1v) is 10.6. The molecule has 0 aliphatic heterocycles. The Balaban J connectivity index is 1.67. The van der Waals surface area contributed by atoms with Crippen LogP contribution in [0.15, 0.2) is 61.1 Å². The Morgan fingerprint density at radius 1 is 1.20 bits per heavy atom. The predicted molar refractivity (Wildman–Crippen MR) is 121 cm³/mol. The summed E-state index contributed by atoms with van der Waals surface area (Å²) >= 11 is 9.75. The molecule has 1 amide bonds. The molecular formula is C18H12Br3N5O4. The number of aromatic nitrogens is 2. The Hall–Kier alpha value is -2.57. The van der Waals surface area contributed by atoms with Crippen LogP contribution in [0.1, 0.15) is 21.6 Å². The molecule has 0 aliphatic carbocycles. The first-order chi connectivity index (χ1) is 14.2. The zero-order chi connectivity index (χ0) is 21.8. The number of halogens is 3. The number of hydrogen-bond acceptors (Lipinski definition) is 6. The van der Waals surface area contributed by atoms with E-state index in [1.807, 2.05) is 0 Å². The molecule has 1 heterocycles. The highest BCUT2D eigenvalue weighted by atomic mass is 79.9. The van der Waals surface area contributed by atoms with Crippen LogP contribution in [0.5, 0.6) is 5.75 Å². The van der Waals surface area contributed by atoms with E-state index in [-0.39, 0.29) is 17.1 Å². The average Bonchev–Trinajstić information content (AvgIpc) is 3.06. The van der Waals surface area contributed by atoms with Gasteiger partial charge >= 0.3 is 0 Å². The lowest BCUT2D eigenvalue weighted by Crippen LogP contribution is -2.19. The molecule has 30 heavy (non-hydrogen) atoms. The maximum absolute atomic E-state index is 12.4. The highest BCUT2D eigenvalue weighted by Gasteiger charge is 2.15. The van der Waals surface area contributed by atoms with Crippen LogP contribution in [-0.4, -0.2) is 31.9 Å². The van der Waals surface area contributed by atoms with Gasteiger partial charge in [-0.3, -0.25) is 19.6 Å². The molecule has 1 aromatic heterocycles. The van der Waals surface area contributed by atoms with Crippen molar-refractivity contribution in [3.05, 3.63) is 82.9 Å². The lowest BCUT2D eigenvalue weighted by molar-refractivity contribution is -0.384. The van der Waals surface area contributed by atoms with Gasteiger partial charge in [-0.15, -0.1) is 0 Å². The summed E-state index contributed by atoms with van der Waals surface area (Å²) in [4.78, 5) is 22.6. The van der Waals surface area contributed by atoms with Crippen molar-refractivity contribution in [3.63, 3.8) is 0 Å². The van der Waals surface area contributed by atoms with Crippen molar-refractivity contribution in [2.24, 2.45) is 5.10 Å². The summed E-state index contributed by atoms with van der Waals surface area (Å²) in [6.45, 7) is 0.336. The lowest BCUT2D eigenvalue weighted by atomic mass is 10.2. The van der Waals surface area contributed by atoms with Crippen LogP contribution in [0.3, 0.4) is 0 Å². The molecule has 0 saturated carbocycles. The molecule has 3 aromatic rings. The van der Waals surface area contributed by atoms with Gasteiger partial charge in [0.15, 0.2) is 5.69 Å². The molecule has 0 radical (unpaired) electrons. The van der Waals surface area contributed by atoms with E-state index < -0.39 is 10.8 Å². The third-order valence-electron chi connectivity index (χ3n) is 3.84. The zero-order valence-electron chi connectivity index (χ0n) is 14.9. The number of amides is 1. The van der Waals surface area contributed by atoms with E-state index >= 15 is 0 Å². The van der Waals surface area contributed by atoms with Crippen molar-refractivity contribution in [1.82, 2.24) is 15.2 Å². The van der Waals surface area contributed by atoms with E-state index in [4.69, 9.17) is 0 Å². The molecule has 0 spiro atoms. The highest BCUT2D eigenvalue weighted by molar-refractivity contribution is 9.11. The molecule has 0 saturated heterocycles. The number of nitrogens with zero attached hydrogens (tertiary/aromatic N) is 4. The third-order valence-corrected chi connectivity index (χ3v) is 5.63. The number of benzene rings is 2. The maximum Gasteiger partial charge on any atom is 0.293 e. The predicted octanol–water partition coefficient (Wildman–Crippen LogP) is 4.60. The molecule has 9 nitrogen and oxygen atoms in total. The Morgan fingerprint density at radius 3 is 2.43 bits per heavy atom. The molecule has 0 unspecified atom stereocenters. The fraction of sp³-hybridized carbons (Fsp3) is 0.0556. The number of carbonyl (C=O) groups is 1. The minimum Gasteiger partial charge on any atom is -0.506 e. The number of rotatable bonds is 6. The van der Waals surface area contributed by atoms with Crippen LogP contribution in [0.25, 0.3) is 0 Å². The highest BCUT2D eigenvalue weighted by Crippen LogP contribution is 2.32. The number of non-ortho nitro benzene ring substituents is 1. The van der Waals surface area contributed by atoms with Crippen LogP contribution in [0.4, 0.5) is 5.69 Å². The Kier molecular flexibility index (Phi) is 7.00. The average molecular weight is 602 g/mol. The van der Waals surface area contributed by atoms with Crippen LogP contribution >= 0.6 is 47.8 Å². The molecule has 0 atom stereocenters. The van der Waals surface area contributed by atoms with Gasteiger partial charge < -0.3 is 5.11 Å². The molecule has 2 N–H and O–H groups in total. The Bertz CT molecular complexity index is 1120. The summed E-state index contributed by atoms with van der Waals surface area (Å²) in [6, 6.07) is 9.37. The Labute approximate surface area is 195 Å². The number of nitro groups is 1. The molecule has 0 bridgehead atoms. The minimum atomic E-state index is -0.516. The summed E-state index contributed by atoms with van der Waals surface area (Å²) in [5, 5.41) is 28.6. The fourth-order valence-corrected chi connectivity index (χ4v) is 4.14. The van der Waals surface area contributed by atoms with Crippen molar-refractivity contribution in [1.29, 1.82) is 0 Å². The molecule has 3 rings (SSSR count). The van der Waals surface area contributed by atoms with Gasteiger partial charge in [0.25, 0.3) is 11.6 Å². The quantitative estimate of drug-likeness (QED) is 0.243. The molecule has 0 aliphatic rings. The van der Waals surface area contributed by atoms with Crippen LogP contribution in [0.2, 0.25) is 0 Å². The second-order valence-corrected chi connectivity index (χ2v) is 8.54. The lowest BCUT2D eigenvalue weighted by Gasteiger charge is -2.02. The minimum absolute atomic E-state index is 0.00557. The smallest absolute Gasteiger partial charge is 0.293 e. The monoisotopic (exact) mass is 599 g/mol. The van der Waals surface area contributed by atoms with Gasteiger partial charge in [-0.25, -0.2) is 5.43 Å². The van der Waals surface area contributed by atoms with Gasteiger partial charge in [0, 0.05) is 18.3 Å². The molecule has 0 fully saturated rings. The number of hydrazone groups is 1. The van der Waals surface area contributed by atoms with Crippen LogP contribution in [-0.2, 0) is 6.54 Å². The summed E-state index contributed by atoms with van der Waals surface area (Å²) in [6.07, 6.45) is 3.06. The van der Waals surface area contributed by atoms with Crippen molar-refractivity contribution < 1.29 is 14.8 Å². The topological polar surface area (TPSA) is 123 Å². The largest absolute Gasteiger partial charge is 0.506 e. The Morgan fingerprint density at radius 2 is 1.83 bits per heavy atom. The number of hydrogen-bond donors (Lipinski definition) is 2. The SMILES string of the molecule is O=C(N/N=C\c1cc(Br)c(O)c(Br)c1)c1nn(Cc2ccc([N+](=O)[O-])cc2)cc1Br. The number of aromatic hydroxyl groups is 1. The summed E-state index contributed by atoms with van der Waals surface area (Å²) in [5.41, 5.74) is 3.99. The first-order valence-electron chi connectivity index (χ1n) is 8.22. The van der Waals surface area contributed by atoms with Crippen molar-refractivity contribution in [2.45, 2.75) is 6.54 Å². The number of carbonyl (C=O) groups excluding carboxylic acids is 1. The van der Waals surface area contributed by atoms with Crippen molar-refractivity contribution in [2.75, 3.05) is 0 Å². The molecule has 154 valence electrons. The maximum atomic E-state index is 12.4. The van der Waals surface area contributed by atoms with Crippen LogP contribution in [0, 0.1) is 10.1 Å². The normalized spacial score (nSPS) is 11.0. The number of phenols is 1. The summed E-state index contributed by atoms with van der Waals surface area (Å²) in [7, 11) is 0. The van der Waals surface area contributed by atoms with Gasteiger partial charge in [-0.05, 0) is 71.0 Å². The van der Waals surface area contributed by atoms with Gasteiger partial charge in [0.2, 0.25) is 0 Å². The van der Waals surface area contributed by atoms with Crippen molar-refractivity contribution >= 4 is 65.6 Å². The first kappa shape index (κ1) is 22.1. The number of phenolic OH excluding ortho intramolecular Hbond substituents is 1. The standard InChI is InChI=1S/C18H12Br3N5O4/c19-13-5-11(6-14(20)17(13)27)7-22-23-18(28)16-15(21)9-25(24-16)8-10-1-3-12(4-2-10)26(29)30/h1-7,9,27H,8H2,(H,23,28)/b22-7-. The van der Waals surface area contributed by atoms with E-state index in [0.29, 0.717) is 25.5 Å². The second kappa shape index (κ2) is 9.49. The number of nitro benzene ring substituents is 1.